The van der Waals surface area contributed by atoms with Crippen LogP contribution in [0.25, 0.3) is 0 Å². The first kappa shape index (κ1) is 10.9. The zero-order valence-corrected chi connectivity index (χ0v) is 7.96. The van der Waals surface area contributed by atoms with Gasteiger partial charge in [-0.2, -0.15) is 0 Å². The number of hydrogen-bond donors (Lipinski definition) is 2. The lowest BCUT2D eigenvalue weighted by Crippen LogP contribution is -2.34. The third kappa shape index (κ3) is 2.80. The molecule has 0 heterocycles. The fourth-order valence-corrected chi connectivity index (χ4v) is 0.879. The quantitative estimate of drug-likeness (QED) is 0.653. The Morgan fingerprint density at radius 3 is 2.00 bits per heavy atom. The summed E-state index contributed by atoms with van der Waals surface area (Å²) in [7, 11) is 0. The van der Waals surface area contributed by atoms with Crippen molar-refractivity contribution in [3.63, 3.8) is 0 Å². The van der Waals surface area contributed by atoms with Gasteiger partial charge in [0, 0.05) is 6.61 Å². The standard InChI is InChI=1S/C9H20O2/c1-7(2)9(3,4)8(11)5-6-10/h7-8,10-11H,5-6H2,1-4H3. The molecule has 0 aliphatic rings. The van der Waals surface area contributed by atoms with Crippen LogP contribution in [0.4, 0.5) is 0 Å². The van der Waals surface area contributed by atoms with Crippen LogP contribution in [0.3, 0.4) is 0 Å². The van der Waals surface area contributed by atoms with E-state index in [1.165, 1.54) is 0 Å². The molecule has 0 fully saturated rings. The molecular weight excluding hydrogens is 140 g/mol. The van der Waals surface area contributed by atoms with Crippen LogP contribution in [0.15, 0.2) is 0 Å². The van der Waals surface area contributed by atoms with Gasteiger partial charge < -0.3 is 10.2 Å². The van der Waals surface area contributed by atoms with E-state index in [4.69, 9.17) is 5.11 Å². The molecule has 11 heavy (non-hydrogen) atoms. The molecule has 0 aliphatic carbocycles. The van der Waals surface area contributed by atoms with Crippen LogP contribution in [0.1, 0.15) is 34.1 Å². The summed E-state index contributed by atoms with van der Waals surface area (Å²) < 4.78 is 0. The lowest BCUT2D eigenvalue weighted by molar-refractivity contribution is 0.000922. The Balaban J connectivity index is 4.05. The number of hydrogen-bond acceptors (Lipinski definition) is 2. The minimum absolute atomic E-state index is 0.0668. The van der Waals surface area contributed by atoms with Crippen molar-refractivity contribution < 1.29 is 10.2 Å². The maximum Gasteiger partial charge on any atom is 0.0615 e. The fourth-order valence-electron chi connectivity index (χ4n) is 0.879. The molecule has 2 heteroatoms. The third-order valence-corrected chi connectivity index (χ3v) is 2.75. The Bertz CT molecular complexity index is 108. The highest BCUT2D eigenvalue weighted by Gasteiger charge is 2.30. The molecule has 0 spiro atoms. The molecule has 0 radical (unpaired) electrons. The van der Waals surface area contributed by atoms with Gasteiger partial charge in [0.05, 0.1) is 6.10 Å². The summed E-state index contributed by atoms with van der Waals surface area (Å²) in [5, 5.41) is 18.2. The molecule has 0 aromatic carbocycles. The van der Waals surface area contributed by atoms with Crippen molar-refractivity contribution in [1.82, 2.24) is 0 Å². The van der Waals surface area contributed by atoms with Gasteiger partial charge in [-0.25, -0.2) is 0 Å². The van der Waals surface area contributed by atoms with Crippen LogP contribution >= 0.6 is 0 Å². The van der Waals surface area contributed by atoms with Crippen LogP contribution in [-0.4, -0.2) is 22.9 Å². The third-order valence-electron chi connectivity index (χ3n) is 2.75. The number of aliphatic hydroxyl groups excluding tert-OH is 2. The first-order valence-electron chi connectivity index (χ1n) is 4.21. The summed E-state index contributed by atoms with van der Waals surface area (Å²) in [4.78, 5) is 0. The Morgan fingerprint density at radius 1 is 1.27 bits per heavy atom. The molecule has 1 unspecified atom stereocenters. The predicted molar refractivity (Wildman–Crippen MR) is 46.3 cm³/mol. The van der Waals surface area contributed by atoms with Crippen LogP contribution in [0.2, 0.25) is 0 Å². The molecule has 0 aromatic heterocycles. The molecule has 0 amide bonds. The minimum atomic E-state index is -0.396. The molecule has 68 valence electrons. The average Bonchev–Trinajstić information content (AvgIpc) is 1.88. The van der Waals surface area contributed by atoms with Gasteiger partial charge in [-0.3, -0.25) is 0 Å². The van der Waals surface area contributed by atoms with E-state index in [0.717, 1.165) is 0 Å². The monoisotopic (exact) mass is 160 g/mol. The zero-order chi connectivity index (χ0) is 9.07. The second-order valence-electron chi connectivity index (χ2n) is 4.00. The summed E-state index contributed by atoms with van der Waals surface area (Å²) in [6.45, 7) is 8.29. The smallest absolute Gasteiger partial charge is 0.0615 e. The highest BCUT2D eigenvalue weighted by Crippen LogP contribution is 2.31. The van der Waals surface area contributed by atoms with E-state index in [9.17, 15) is 5.11 Å². The summed E-state index contributed by atoms with van der Waals surface area (Å²) in [6.07, 6.45) is 0.0815. The number of aliphatic hydroxyl groups is 2. The van der Waals surface area contributed by atoms with Gasteiger partial charge in [-0.1, -0.05) is 27.7 Å². The van der Waals surface area contributed by atoms with Crippen molar-refractivity contribution in [3.8, 4) is 0 Å². The maximum absolute atomic E-state index is 9.59. The van der Waals surface area contributed by atoms with Crippen LogP contribution in [0, 0.1) is 11.3 Å². The molecule has 0 bridgehead atoms. The first-order chi connectivity index (χ1) is 4.92. The summed E-state index contributed by atoms with van der Waals surface area (Å²) in [5.74, 6) is 0.434. The van der Waals surface area contributed by atoms with Gasteiger partial charge in [0.1, 0.15) is 0 Å². The lowest BCUT2D eigenvalue weighted by Gasteiger charge is -2.34. The molecule has 2 nitrogen and oxygen atoms in total. The average molecular weight is 160 g/mol. The van der Waals surface area contributed by atoms with E-state index >= 15 is 0 Å². The van der Waals surface area contributed by atoms with Gasteiger partial charge in [0.15, 0.2) is 0 Å². The second-order valence-corrected chi connectivity index (χ2v) is 4.00. The van der Waals surface area contributed by atoms with Crippen molar-refractivity contribution in [2.75, 3.05) is 6.61 Å². The molecule has 0 rings (SSSR count). The highest BCUT2D eigenvalue weighted by molar-refractivity contribution is 4.80. The Labute approximate surface area is 69.2 Å². The van der Waals surface area contributed by atoms with E-state index in [2.05, 4.69) is 13.8 Å². The normalized spacial score (nSPS) is 15.5. The molecule has 2 N–H and O–H groups in total. The van der Waals surface area contributed by atoms with Gasteiger partial charge in [0.25, 0.3) is 0 Å². The SMILES string of the molecule is CC(C)C(C)(C)C(O)CCO. The maximum atomic E-state index is 9.59. The van der Waals surface area contributed by atoms with Crippen molar-refractivity contribution in [2.24, 2.45) is 11.3 Å². The van der Waals surface area contributed by atoms with Gasteiger partial charge in [-0.05, 0) is 17.8 Å². The van der Waals surface area contributed by atoms with Crippen molar-refractivity contribution >= 4 is 0 Å². The predicted octanol–water partition coefficient (Wildman–Crippen LogP) is 1.41. The fraction of sp³-hybridized carbons (Fsp3) is 1.00. The van der Waals surface area contributed by atoms with Gasteiger partial charge in [-0.15, -0.1) is 0 Å². The van der Waals surface area contributed by atoms with E-state index < -0.39 is 6.10 Å². The molecule has 0 saturated carbocycles. The van der Waals surface area contributed by atoms with Crippen LogP contribution in [-0.2, 0) is 0 Å². The van der Waals surface area contributed by atoms with E-state index in [-0.39, 0.29) is 12.0 Å². The molecular formula is C9H20O2. The first-order valence-corrected chi connectivity index (χ1v) is 4.21. The van der Waals surface area contributed by atoms with Crippen molar-refractivity contribution in [1.29, 1.82) is 0 Å². The van der Waals surface area contributed by atoms with E-state index in [0.29, 0.717) is 12.3 Å². The summed E-state index contributed by atoms with van der Waals surface area (Å²) in [5.41, 5.74) is -0.0945. The molecule has 0 aliphatic heterocycles. The molecule has 0 saturated heterocycles. The Morgan fingerprint density at radius 2 is 1.73 bits per heavy atom. The molecule has 1 atom stereocenters. The van der Waals surface area contributed by atoms with Crippen LogP contribution < -0.4 is 0 Å². The summed E-state index contributed by atoms with van der Waals surface area (Å²) >= 11 is 0. The Kier molecular flexibility index (Phi) is 4.04. The topological polar surface area (TPSA) is 40.5 Å². The minimum Gasteiger partial charge on any atom is -0.396 e. The Hall–Kier alpha value is -0.0800. The zero-order valence-electron chi connectivity index (χ0n) is 7.96. The largest absolute Gasteiger partial charge is 0.396 e. The second kappa shape index (κ2) is 4.07. The van der Waals surface area contributed by atoms with Crippen LogP contribution in [0.5, 0.6) is 0 Å². The summed E-state index contributed by atoms with van der Waals surface area (Å²) in [6, 6.07) is 0. The van der Waals surface area contributed by atoms with Crippen molar-refractivity contribution in [2.45, 2.75) is 40.2 Å². The van der Waals surface area contributed by atoms with Crippen molar-refractivity contribution in [3.05, 3.63) is 0 Å². The molecule has 0 aromatic rings. The van der Waals surface area contributed by atoms with Gasteiger partial charge >= 0.3 is 0 Å². The lowest BCUT2D eigenvalue weighted by atomic mass is 9.75. The highest BCUT2D eigenvalue weighted by atomic mass is 16.3. The van der Waals surface area contributed by atoms with E-state index in [1.54, 1.807) is 0 Å². The van der Waals surface area contributed by atoms with Gasteiger partial charge in [0.2, 0.25) is 0 Å². The number of rotatable bonds is 4. The van der Waals surface area contributed by atoms with E-state index in [1.807, 2.05) is 13.8 Å².